The van der Waals surface area contributed by atoms with E-state index in [0.29, 0.717) is 5.56 Å². The van der Waals surface area contributed by atoms with Crippen molar-refractivity contribution in [2.45, 2.75) is 12.7 Å². The normalized spacial score (nSPS) is 11.3. The predicted octanol–water partition coefficient (Wildman–Crippen LogP) is 5.64. The van der Waals surface area contributed by atoms with E-state index in [4.69, 9.17) is 11.6 Å². The van der Waals surface area contributed by atoms with Crippen molar-refractivity contribution in [2.24, 2.45) is 0 Å². The quantitative estimate of drug-likeness (QED) is 0.548. The Bertz CT molecular complexity index is 947. The van der Waals surface area contributed by atoms with Crippen LogP contribution in [-0.2, 0) is 12.7 Å². The molecule has 2 aromatic carbocycles. The van der Waals surface area contributed by atoms with Crippen LogP contribution in [0.2, 0.25) is 5.02 Å². The van der Waals surface area contributed by atoms with Crippen LogP contribution in [0.4, 0.5) is 35.0 Å². The highest BCUT2D eigenvalue weighted by Crippen LogP contribution is 2.37. The lowest BCUT2D eigenvalue weighted by molar-refractivity contribution is -0.136. The topological polar surface area (TPSA) is 49.8 Å². The number of aromatic nitrogens is 2. The highest BCUT2D eigenvalue weighted by atomic mass is 35.5. The second kappa shape index (κ2) is 7.79. The average molecular weight is 397 g/mol. The van der Waals surface area contributed by atoms with Crippen LogP contribution in [0.25, 0.3) is 0 Å². The van der Waals surface area contributed by atoms with Crippen LogP contribution in [0.1, 0.15) is 11.1 Å². The molecule has 0 unspecified atom stereocenters. The van der Waals surface area contributed by atoms with Crippen LogP contribution in [-0.4, -0.2) is 9.97 Å². The molecule has 140 valence electrons. The van der Waals surface area contributed by atoms with Crippen molar-refractivity contribution in [2.75, 3.05) is 10.6 Å². The van der Waals surface area contributed by atoms with E-state index < -0.39 is 11.7 Å². The van der Waals surface area contributed by atoms with Gasteiger partial charge in [0, 0.05) is 23.3 Å². The van der Waals surface area contributed by atoms with Crippen molar-refractivity contribution in [1.29, 1.82) is 0 Å². The lowest BCUT2D eigenvalue weighted by atomic mass is 10.1. The number of hydrogen-bond acceptors (Lipinski definition) is 4. The fourth-order valence-electron chi connectivity index (χ4n) is 2.33. The van der Waals surface area contributed by atoms with E-state index in [1.54, 1.807) is 18.2 Å². The number of alkyl halides is 3. The van der Waals surface area contributed by atoms with Gasteiger partial charge in [-0.05, 0) is 30.3 Å². The van der Waals surface area contributed by atoms with E-state index >= 15 is 0 Å². The van der Waals surface area contributed by atoms with Crippen LogP contribution in [0.15, 0.2) is 54.7 Å². The summed E-state index contributed by atoms with van der Waals surface area (Å²) in [6, 6.07) is 11.0. The minimum atomic E-state index is -4.58. The van der Waals surface area contributed by atoms with Crippen molar-refractivity contribution in [3.05, 3.63) is 76.7 Å². The van der Waals surface area contributed by atoms with E-state index in [-0.39, 0.29) is 34.8 Å². The zero-order valence-electron chi connectivity index (χ0n) is 13.7. The number of nitrogens with zero attached hydrogens (tertiary/aromatic N) is 2. The number of benzene rings is 2. The Morgan fingerprint density at radius 2 is 1.81 bits per heavy atom. The monoisotopic (exact) mass is 396 g/mol. The van der Waals surface area contributed by atoms with Crippen molar-refractivity contribution < 1.29 is 17.6 Å². The molecule has 0 fully saturated rings. The summed E-state index contributed by atoms with van der Waals surface area (Å²) >= 11 is 5.67. The third-order valence-electron chi connectivity index (χ3n) is 3.60. The number of anilines is 3. The molecule has 0 aliphatic rings. The Hall–Kier alpha value is -2.87. The molecule has 0 saturated heterocycles. The van der Waals surface area contributed by atoms with E-state index in [1.807, 2.05) is 0 Å². The summed E-state index contributed by atoms with van der Waals surface area (Å²) in [5, 5.41) is 5.42. The fraction of sp³-hybridized carbons (Fsp3) is 0.111. The first-order valence-corrected chi connectivity index (χ1v) is 8.15. The molecule has 2 N–H and O–H groups in total. The van der Waals surface area contributed by atoms with Crippen LogP contribution < -0.4 is 10.6 Å². The Balaban J connectivity index is 1.78. The molecule has 9 heteroatoms. The zero-order valence-corrected chi connectivity index (χ0v) is 14.4. The molecule has 0 amide bonds. The van der Waals surface area contributed by atoms with Crippen molar-refractivity contribution in [3.8, 4) is 0 Å². The number of rotatable bonds is 5. The van der Waals surface area contributed by atoms with Crippen LogP contribution in [0.5, 0.6) is 0 Å². The third kappa shape index (κ3) is 4.85. The van der Waals surface area contributed by atoms with Gasteiger partial charge in [0.1, 0.15) is 11.6 Å². The minimum Gasteiger partial charge on any atom is -0.350 e. The zero-order chi connectivity index (χ0) is 19.4. The van der Waals surface area contributed by atoms with Gasteiger partial charge in [0.25, 0.3) is 0 Å². The second-order valence-electron chi connectivity index (χ2n) is 5.52. The van der Waals surface area contributed by atoms with E-state index in [2.05, 4.69) is 20.6 Å². The van der Waals surface area contributed by atoms with Crippen LogP contribution in [0, 0.1) is 5.82 Å². The molecule has 0 bridgehead atoms. The smallest absolute Gasteiger partial charge is 0.350 e. The molecule has 1 heterocycles. The first kappa shape index (κ1) is 18.9. The Morgan fingerprint density at radius 3 is 2.56 bits per heavy atom. The third-order valence-corrected chi connectivity index (χ3v) is 3.84. The summed E-state index contributed by atoms with van der Waals surface area (Å²) in [5.41, 5.74) is -0.684. The van der Waals surface area contributed by atoms with Gasteiger partial charge >= 0.3 is 6.18 Å². The van der Waals surface area contributed by atoms with E-state index in [9.17, 15) is 17.6 Å². The highest BCUT2D eigenvalue weighted by Gasteiger charge is 2.33. The first-order chi connectivity index (χ1) is 12.8. The molecule has 4 nitrogen and oxygen atoms in total. The molecular formula is C18H13ClF4N4. The average Bonchev–Trinajstić information content (AvgIpc) is 2.62. The van der Waals surface area contributed by atoms with Crippen LogP contribution >= 0.6 is 11.6 Å². The van der Waals surface area contributed by atoms with Crippen molar-refractivity contribution in [3.63, 3.8) is 0 Å². The van der Waals surface area contributed by atoms with Crippen molar-refractivity contribution >= 4 is 29.1 Å². The van der Waals surface area contributed by atoms with Gasteiger partial charge < -0.3 is 10.6 Å². The molecule has 0 radical (unpaired) electrons. The maximum absolute atomic E-state index is 13.6. The molecule has 0 aliphatic carbocycles. The molecule has 0 aliphatic heterocycles. The standard InChI is InChI=1S/C18H13ClF4N4/c19-12-5-6-15(13(9-12)18(21,22)23)26-16-7-8-24-17(27-16)25-10-11-3-1-2-4-14(11)20/h1-9H,10H2,(H2,24,25,26,27). The predicted molar refractivity (Wildman–Crippen MR) is 95.5 cm³/mol. The van der Waals surface area contributed by atoms with Gasteiger partial charge in [-0.2, -0.15) is 18.2 Å². The maximum Gasteiger partial charge on any atom is 0.418 e. The first-order valence-electron chi connectivity index (χ1n) is 7.77. The van der Waals surface area contributed by atoms with E-state index in [0.717, 1.165) is 6.07 Å². The molecular weight excluding hydrogens is 384 g/mol. The lowest BCUT2D eigenvalue weighted by Crippen LogP contribution is -2.10. The van der Waals surface area contributed by atoms with Gasteiger partial charge in [0.2, 0.25) is 5.95 Å². The van der Waals surface area contributed by atoms with Gasteiger partial charge in [0.15, 0.2) is 0 Å². The maximum atomic E-state index is 13.6. The SMILES string of the molecule is Fc1ccccc1CNc1nccc(Nc2ccc(Cl)cc2C(F)(F)F)n1. The van der Waals surface area contributed by atoms with E-state index in [1.165, 1.54) is 30.5 Å². The summed E-state index contributed by atoms with van der Waals surface area (Å²) < 4.78 is 53.2. The second-order valence-corrected chi connectivity index (χ2v) is 5.96. The summed E-state index contributed by atoms with van der Waals surface area (Å²) in [7, 11) is 0. The molecule has 1 aromatic heterocycles. The number of nitrogens with one attached hydrogen (secondary N) is 2. The molecule has 0 atom stereocenters. The molecule has 3 rings (SSSR count). The van der Waals surface area contributed by atoms with Crippen molar-refractivity contribution in [1.82, 2.24) is 9.97 Å². The van der Waals surface area contributed by atoms with Gasteiger partial charge in [-0.25, -0.2) is 9.37 Å². The van der Waals surface area contributed by atoms with Crippen LogP contribution in [0.3, 0.4) is 0 Å². The van der Waals surface area contributed by atoms with Gasteiger partial charge in [-0.1, -0.05) is 29.8 Å². The molecule has 3 aromatic rings. The highest BCUT2D eigenvalue weighted by molar-refractivity contribution is 6.30. The van der Waals surface area contributed by atoms with Gasteiger partial charge in [0.05, 0.1) is 11.3 Å². The fourth-order valence-corrected chi connectivity index (χ4v) is 2.50. The Labute approximate surface area is 157 Å². The summed E-state index contributed by atoms with van der Waals surface area (Å²) in [5.74, 6) is -0.0881. The summed E-state index contributed by atoms with van der Waals surface area (Å²) in [6.07, 6.45) is -3.20. The largest absolute Gasteiger partial charge is 0.418 e. The molecule has 27 heavy (non-hydrogen) atoms. The minimum absolute atomic E-state index is 0.0252. The van der Waals surface area contributed by atoms with Gasteiger partial charge in [-0.15, -0.1) is 0 Å². The number of hydrogen-bond donors (Lipinski definition) is 2. The van der Waals surface area contributed by atoms with Gasteiger partial charge in [-0.3, -0.25) is 0 Å². The lowest BCUT2D eigenvalue weighted by Gasteiger charge is -2.15. The molecule has 0 saturated carbocycles. The number of halogens is 5. The summed E-state index contributed by atoms with van der Waals surface area (Å²) in [4.78, 5) is 8.09. The Kier molecular flexibility index (Phi) is 5.46. The Morgan fingerprint density at radius 1 is 1.04 bits per heavy atom. The summed E-state index contributed by atoms with van der Waals surface area (Å²) in [6.45, 7) is 0.130. The molecule has 0 spiro atoms.